The summed E-state index contributed by atoms with van der Waals surface area (Å²) in [5, 5.41) is 14.2. The van der Waals surface area contributed by atoms with Crippen molar-refractivity contribution in [1.29, 1.82) is 0 Å². The molecule has 0 atom stereocenters. The first-order valence-electron chi connectivity index (χ1n) is 6.02. The summed E-state index contributed by atoms with van der Waals surface area (Å²) >= 11 is 6.01. The maximum absolute atomic E-state index is 13.9. The normalized spacial score (nSPS) is 10.2. The van der Waals surface area contributed by atoms with Crippen molar-refractivity contribution in [3.05, 3.63) is 62.9 Å². The van der Waals surface area contributed by atoms with Crippen molar-refractivity contribution in [2.24, 2.45) is 0 Å². The zero-order chi connectivity index (χ0) is 15.4. The quantitative estimate of drug-likeness (QED) is 0.669. The van der Waals surface area contributed by atoms with E-state index in [2.05, 4.69) is 5.32 Å². The Morgan fingerprint density at radius 2 is 2.10 bits per heavy atom. The van der Waals surface area contributed by atoms with E-state index in [0.717, 1.165) is 11.6 Å². The second-order valence-electron chi connectivity index (χ2n) is 4.21. The summed E-state index contributed by atoms with van der Waals surface area (Å²) < 4.78 is 18.8. The van der Waals surface area contributed by atoms with Crippen molar-refractivity contribution in [2.45, 2.75) is 6.54 Å². The molecule has 1 N–H and O–H groups in total. The maximum atomic E-state index is 13.9. The zero-order valence-electron chi connectivity index (χ0n) is 11.1. The van der Waals surface area contributed by atoms with Gasteiger partial charge in [0, 0.05) is 17.6 Å². The number of hydrogen-bond acceptors (Lipinski definition) is 4. The highest BCUT2D eigenvalue weighted by molar-refractivity contribution is 6.31. The topological polar surface area (TPSA) is 64.4 Å². The molecule has 0 aliphatic carbocycles. The third-order valence-corrected chi connectivity index (χ3v) is 3.26. The van der Waals surface area contributed by atoms with Crippen LogP contribution in [0.2, 0.25) is 5.02 Å². The number of halogens is 2. The first kappa shape index (κ1) is 15.1. The fourth-order valence-electron chi connectivity index (χ4n) is 1.82. The van der Waals surface area contributed by atoms with E-state index in [1.807, 2.05) is 6.07 Å². The van der Waals surface area contributed by atoms with Crippen LogP contribution >= 0.6 is 11.6 Å². The predicted octanol–water partition coefficient (Wildman–Crippen LogP) is 4.01. The lowest BCUT2D eigenvalue weighted by Gasteiger charge is -2.10. The van der Waals surface area contributed by atoms with Crippen LogP contribution in [0.15, 0.2) is 36.4 Å². The summed E-state index contributed by atoms with van der Waals surface area (Å²) in [4.78, 5) is 10.1. The number of hydrogen-bond donors (Lipinski definition) is 1. The Morgan fingerprint density at radius 1 is 1.38 bits per heavy atom. The number of nitrogens with zero attached hydrogens (tertiary/aromatic N) is 1. The third kappa shape index (κ3) is 3.41. The van der Waals surface area contributed by atoms with Gasteiger partial charge in [-0.3, -0.25) is 10.1 Å². The summed E-state index contributed by atoms with van der Waals surface area (Å²) in [6.45, 7) is 0.289. The van der Waals surface area contributed by atoms with Crippen molar-refractivity contribution in [2.75, 3.05) is 12.4 Å². The lowest BCUT2D eigenvalue weighted by molar-refractivity contribution is -0.385. The van der Waals surface area contributed by atoms with Crippen molar-refractivity contribution in [3.63, 3.8) is 0 Å². The highest BCUT2D eigenvalue weighted by atomic mass is 35.5. The average Bonchev–Trinajstić information content (AvgIpc) is 2.47. The lowest BCUT2D eigenvalue weighted by atomic mass is 10.2. The molecule has 0 aliphatic heterocycles. The molecule has 0 unspecified atom stereocenters. The lowest BCUT2D eigenvalue weighted by Crippen LogP contribution is -2.04. The molecule has 7 heteroatoms. The van der Waals surface area contributed by atoms with Crippen molar-refractivity contribution < 1.29 is 14.1 Å². The smallest absolute Gasteiger partial charge is 0.313 e. The fraction of sp³-hybridized carbons (Fsp3) is 0.143. The molecular formula is C14H12ClFN2O3. The van der Waals surface area contributed by atoms with Gasteiger partial charge in [-0.15, -0.1) is 0 Å². The number of anilines is 1. The minimum Gasteiger partial charge on any atom is -0.490 e. The predicted molar refractivity (Wildman–Crippen MR) is 78.4 cm³/mol. The Balaban J connectivity index is 2.25. The molecule has 2 aromatic rings. The first-order valence-corrected chi connectivity index (χ1v) is 6.40. The molecule has 0 aromatic heterocycles. The Bertz CT molecular complexity index is 679. The molecule has 0 aliphatic rings. The van der Waals surface area contributed by atoms with Crippen LogP contribution in [0.25, 0.3) is 0 Å². The van der Waals surface area contributed by atoms with Gasteiger partial charge in [0.15, 0.2) is 11.6 Å². The monoisotopic (exact) mass is 310 g/mol. The molecule has 0 spiro atoms. The van der Waals surface area contributed by atoms with E-state index in [9.17, 15) is 14.5 Å². The summed E-state index contributed by atoms with van der Waals surface area (Å²) in [6, 6.07) is 9.22. The van der Waals surface area contributed by atoms with Gasteiger partial charge in [-0.25, -0.2) is 4.39 Å². The van der Waals surface area contributed by atoms with Gasteiger partial charge in [0.1, 0.15) is 0 Å². The SMILES string of the molecule is COc1cc(NCc2ccccc2Cl)c(F)cc1[N+](=O)[O-]. The van der Waals surface area contributed by atoms with Crippen LogP contribution in [-0.4, -0.2) is 12.0 Å². The molecule has 0 bridgehead atoms. The number of nitrogens with one attached hydrogen (secondary N) is 1. The molecule has 0 fully saturated rings. The Labute approximate surface area is 125 Å². The van der Waals surface area contributed by atoms with Gasteiger partial charge < -0.3 is 10.1 Å². The Hall–Kier alpha value is -2.34. The molecule has 2 rings (SSSR count). The van der Waals surface area contributed by atoms with Gasteiger partial charge in [-0.2, -0.15) is 0 Å². The van der Waals surface area contributed by atoms with Crippen molar-refractivity contribution in [1.82, 2.24) is 0 Å². The van der Waals surface area contributed by atoms with Gasteiger partial charge in [-0.05, 0) is 11.6 Å². The third-order valence-electron chi connectivity index (χ3n) is 2.89. The zero-order valence-corrected chi connectivity index (χ0v) is 11.9. The van der Waals surface area contributed by atoms with Crippen molar-refractivity contribution in [3.8, 4) is 5.75 Å². The van der Waals surface area contributed by atoms with E-state index >= 15 is 0 Å². The van der Waals surface area contributed by atoms with E-state index in [0.29, 0.717) is 5.02 Å². The number of ether oxygens (including phenoxy) is 1. The number of nitro groups is 1. The van der Waals surface area contributed by atoms with E-state index in [1.165, 1.54) is 13.2 Å². The maximum Gasteiger partial charge on any atom is 0.313 e. The summed E-state index contributed by atoms with van der Waals surface area (Å²) in [5.74, 6) is -0.738. The average molecular weight is 311 g/mol. The second-order valence-corrected chi connectivity index (χ2v) is 4.61. The van der Waals surface area contributed by atoms with E-state index < -0.39 is 16.4 Å². The molecule has 0 saturated heterocycles. The summed E-state index contributed by atoms with van der Waals surface area (Å²) in [7, 11) is 1.29. The Kier molecular flexibility index (Phi) is 4.59. The van der Waals surface area contributed by atoms with Gasteiger partial charge in [-0.1, -0.05) is 29.8 Å². The van der Waals surface area contributed by atoms with E-state index in [4.69, 9.17) is 16.3 Å². The minimum absolute atomic E-state index is 0.0111. The molecule has 5 nitrogen and oxygen atoms in total. The molecule has 110 valence electrons. The first-order chi connectivity index (χ1) is 10.0. The van der Waals surface area contributed by atoms with E-state index in [1.54, 1.807) is 18.2 Å². The van der Waals surface area contributed by atoms with Crippen molar-refractivity contribution >= 4 is 23.0 Å². The van der Waals surface area contributed by atoms with Gasteiger partial charge >= 0.3 is 5.69 Å². The number of benzene rings is 2. The summed E-state index contributed by atoms with van der Waals surface area (Å²) in [5.41, 5.74) is 0.478. The molecule has 0 heterocycles. The van der Waals surface area contributed by atoms with Crippen LogP contribution < -0.4 is 10.1 Å². The number of methoxy groups -OCH3 is 1. The Morgan fingerprint density at radius 3 is 2.71 bits per heavy atom. The molecular weight excluding hydrogens is 299 g/mol. The molecule has 0 radical (unpaired) electrons. The molecule has 2 aromatic carbocycles. The highest BCUT2D eigenvalue weighted by Crippen LogP contribution is 2.32. The fourth-order valence-corrected chi connectivity index (χ4v) is 2.02. The second kappa shape index (κ2) is 6.41. The molecule has 0 saturated carbocycles. The minimum atomic E-state index is -0.727. The molecule has 0 amide bonds. The van der Waals surface area contributed by atoms with Crippen LogP contribution in [0.5, 0.6) is 5.75 Å². The highest BCUT2D eigenvalue weighted by Gasteiger charge is 2.19. The standard InChI is InChI=1S/C14H12ClFN2O3/c1-21-14-7-12(11(16)6-13(14)18(19)20)17-8-9-4-2-3-5-10(9)15/h2-7,17H,8H2,1H3. The number of rotatable bonds is 5. The van der Waals surface area contributed by atoms with Gasteiger partial charge in [0.25, 0.3) is 0 Å². The van der Waals surface area contributed by atoms with Crippen LogP contribution in [0, 0.1) is 15.9 Å². The molecule has 21 heavy (non-hydrogen) atoms. The largest absolute Gasteiger partial charge is 0.490 e. The van der Waals surface area contributed by atoms with Crippen LogP contribution in [0.1, 0.15) is 5.56 Å². The van der Waals surface area contributed by atoms with Crippen LogP contribution in [-0.2, 0) is 6.54 Å². The number of nitro benzene ring substituents is 1. The summed E-state index contributed by atoms with van der Waals surface area (Å²) in [6.07, 6.45) is 0. The van der Waals surface area contributed by atoms with Crippen LogP contribution in [0.4, 0.5) is 15.8 Å². The van der Waals surface area contributed by atoms with Crippen LogP contribution in [0.3, 0.4) is 0 Å². The van der Waals surface area contributed by atoms with Gasteiger partial charge in [0.05, 0.1) is 23.8 Å². The van der Waals surface area contributed by atoms with E-state index in [-0.39, 0.29) is 18.0 Å². The van der Waals surface area contributed by atoms with Gasteiger partial charge in [0.2, 0.25) is 0 Å².